The van der Waals surface area contributed by atoms with E-state index in [9.17, 15) is 4.79 Å². The van der Waals surface area contributed by atoms with Crippen LogP contribution < -0.4 is 18.9 Å². The molecule has 0 unspecified atom stereocenters. The first kappa shape index (κ1) is 17.5. The van der Waals surface area contributed by atoms with Gasteiger partial charge in [-0.25, -0.2) is 0 Å². The predicted octanol–water partition coefficient (Wildman–Crippen LogP) is 3.28. The van der Waals surface area contributed by atoms with Crippen LogP contribution in [0.2, 0.25) is 0 Å². The lowest BCUT2D eigenvalue weighted by Gasteiger charge is -2.25. The van der Waals surface area contributed by atoms with Crippen LogP contribution >= 0.6 is 0 Å². The first-order chi connectivity index (χ1) is 13.2. The Labute approximate surface area is 158 Å². The number of hydrogen-bond donors (Lipinski definition) is 0. The Morgan fingerprint density at radius 3 is 2.70 bits per heavy atom. The van der Waals surface area contributed by atoms with Crippen molar-refractivity contribution in [1.82, 2.24) is 4.90 Å². The Hall–Kier alpha value is -2.89. The molecule has 2 aliphatic heterocycles. The standard InChI is InChI=1S/C21H23NO5/c1-24-17-8-6-15(12-19(17)25-2)21(23)22-9-3-4-16(22)10-14-5-7-18-20(11-14)27-13-26-18/h5-8,11-12,16H,3-4,9-10,13H2,1-2H3/t16-/m1/s1. The zero-order valence-electron chi connectivity index (χ0n) is 15.6. The molecule has 0 aromatic heterocycles. The molecule has 2 aromatic carbocycles. The van der Waals surface area contributed by atoms with E-state index in [0.29, 0.717) is 17.1 Å². The third-order valence-corrected chi connectivity index (χ3v) is 5.18. The molecule has 1 saturated heterocycles. The van der Waals surface area contributed by atoms with Gasteiger partial charge in [0.2, 0.25) is 6.79 Å². The van der Waals surface area contributed by atoms with Crippen LogP contribution in [0.3, 0.4) is 0 Å². The van der Waals surface area contributed by atoms with E-state index in [0.717, 1.165) is 42.9 Å². The molecule has 27 heavy (non-hydrogen) atoms. The van der Waals surface area contributed by atoms with Gasteiger partial charge in [-0.05, 0) is 55.2 Å². The maximum absolute atomic E-state index is 13.1. The fourth-order valence-electron chi connectivity index (χ4n) is 3.79. The third-order valence-electron chi connectivity index (χ3n) is 5.18. The van der Waals surface area contributed by atoms with Crippen molar-refractivity contribution in [3.05, 3.63) is 47.5 Å². The number of amides is 1. The largest absolute Gasteiger partial charge is 0.493 e. The number of fused-ring (bicyclic) bond motifs is 1. The molecule has 2 aliphatic rings. The van der Waals surface area contributed by atoms with E-state index < -0.39 is 0 Å². The Morgan fingerprint density at radius 2 is 1.89 bits per heavy atom. The summed E-state index contributed by atoms with van der Waals surface area (Å²) in [7, 11) is 3.16. The number of methoxy groups -OCH3 is 2. The maximum atomic E-state index is 13.1. The number of benzene rings is 2. The van der Waals surface area contributed by atoms with Crippen molar-refractivity contribution in [2.75, 3.05) is 27.6 Å². The maximum Gasteiger partial charge on any atom is 0.254 e. The minimum atomic E-state index is 0.0270. The van der Waals surface area contributed by atoms with Crippen molar-refractivity contribution in [3.63, 3.8) is 0 Å². The highest BCUT2D eigenvalue weighted by Crippen LogP contribution is 2.34. The van der Waals surface area contributed by atoms with Crippen LogP contribution in [0.1, 0.15) is 28.8 Å². The van der Waals surface area contributed by atoms with Gasteiger partial charge in [-0.15, -0.1) is 0 Å². The molecule has 0 radical (unpaired) electrons. The zero-order chi connectivity index (χ0) is 18.8. The van der Waals surface area contributed by atoms with Gasteiger partial charge in [0, 0.05) is 18.2 Å². The highest BCUT2D eigenvalue weighted by Gasteiger charge is 2.30. The van der Waals surface area contributed by atoms with Gasteiger partial charge in [0.25, 0.3) is 5.91 Å². The second-order valence-electron chi connectivity index (χ2n) is 6.76. The van der Waals surface area contributed by atoms with Crippen molar-refractivity contribution in [1.29, 1.82) is 0 Å². The molecule has 142 valence electrons. The smallest absolute Gasteiger partial charge is 0.254 e. The Morgan fingerprint density at radius 1 is 1.07 bits per heavy atom. The van der Waals surface area contributed by atoms with E-state index in [4.69, 9.17) is 18.9 Å². The average molecular weight is 369 g/mol. The lowest BCUT2D eigenvalue weighted by atomic mass is 10.0. The van der Waals surface area contributed by atoms with E-state index in [2.05, 4.69) is 0 Å². The molecule has 1 amide bonds. The summed E-state index contributed by atoms with van der Waals surface area (Å²) in [5.74, 6) is 2.77. The van der Waals surface area contributed by atoms with Gasteiger partial charge in [-0.1, -0.05) is 6.07 Å². The summed E-state index contributed by atoms with van der Waals surface area (Å²) in [6.45, 7) is 1.04. The second kappa shape index (κ2) is 7.39. The lowest BCUT2D eigenvalue weighted by molar-refractivity contribution is 0.0736. The van der Waals surface area contributed by atoms with E-state index in [1.165, 1.54) is 0 Å². The minimum absolute atomic E-state index is 0.0270. The number of nitrogens with zero attached hydrogens (tertiary/aromatic N) is 1. The third kappa shape index (κ3) is 3.39. The molecular weight excluding hydrogens is 346 g/mol. The fourth-order valence-corrected chi connectivity index (χ4v) is 3.79. The summed E-state index contributed by atoms with van der Waals surface area (Å²) in [5.41, 5.74) is 1.77. The molecule has 0 spiro atoms. The Bertz CT molecular complexity index is 850. The number of likely N-dealkylation sites (tertiary alicyclic amines) is 1. The quantitative estimate of drug-likeness (QED) is 0.810. The van der Waals surface area contributed by atoms with Gasteiger partial charge in [0.15, 0.2) is 23.0 Å². The molecule has 4 rings (SSSR count). The van der Waals surface area contributed by atoms with Gasteiger partial charge in [-0.3, -0.25) is 4.79 Å². The molecule has 2 heterocycles. The van der Waals surface area contributed by atoms with Crippen molar-refractivity contribution in [2.24, 2.45) is 0 Å². The summed E-state index contributed by atoms with van der Waals surface area (Å²) in [4.78, 5) is 15.1. The summed E-state index contributed by atoms with van der Waals surface area (Å²) in [6.07, 6.45) is 2.80. The van der Waals surface area contributed by atoms with E-state index >= 15 is 0 Å². The minimum Gasteiger partial charge on any atom is -0.493 e. The molecule has 1 atom stereocenters. The highest BCUT2D eigenvalue weighted by molar-refractivity contribution is 5.95. The lowest BCUT2D eigenvalue weighted by Crippen LogP contribution is -2.36. The van der Waals surface area contributed by atoms with Gasteiger partial charge in [-0.2, -0.15) is 0 Å². The molecule has 0 saturated carbocycles. The summed E-state index contributed by atoms with van der Waals surface area (Å²) >= 11 is 0. The van der Waals surface area contributed by atoms with Gasteiger partial charge >= 0.3 is 0 Å². The number of hydrogen-bond acceptors (Lipinski definition) is 5. The molecule has 6 nitrogen and oxygen atoms in total. The van der Waals surface area contributed by atoms with Crippen LogP contribution in [0.25, 0.3) is 0 Å². The van der Waals surface area contributed by atoms with Gasteiger partial charge in [0.1, 0.15) is 0 Å². The van der Waals surface area contributed by atoms with E-state index in [-0.39, 0.29) is 18.7 Å². The average Bonchev–Trinajstić information content (AvgIpc) is 3.35. The van der Waals surface area contributed by atoms with E-state index in [1.54, 1.807) is 32.4 Å². The molecular formula is C21H23NO5. The van der Waals surface area contributed by atoms with Crippen LogP contribution in [0.15, 0.2) is 36.4 Å². The van der Waals surface area contributed by atoms with Crippen molar-refractivity contribution >= 4 is 5.91 Å². The second-order valence-corrected chi connectivity index (χ2v) is 6.76. The van der Waals surface area contributed by atoms with Crippen LogP contribution in [0.4, 0.5) is 0 Å². The number of carbonyl (C=O) groups excluding carboxylic acids is 1. The van der Waals surface area contributed by atoms with Crippen molar-refractivity contribution in [3.8, 4) is 23.0 Å². The van der Waals surface area contributed by atoms with Crippen LogP contribution in [-0.2, 0) is 6.42 Å². The van der Waals surface area contributed by atoms with E-state index in [1.807, 2.05) is 23.1 Å². The fraction of sp³-hybridized carbons (Fsp3) is 0.381. The van der Waals surface area contributed by atoms with Crippen LogP contribution in [0, 0.1) is 0 Å². The summed E-state index contributed by atoms with van der Waals surface area (Å²) < 4.78 is 21.4. The van der Waals surface area contributed by atoms with Crippen LogP contribution in [-0.4, -0.2) is 44.4 Å². The predicted molar refractivity (Wildman–Crippen MR) is 99.9 cm³/mol. The normalized spacial score (nSPS) is 17.9. The highest BCUT2D eigenvalue weighted by atomic mass is 16.7. The topological polar surface area (TPSA) is 57.2 Å². The molecule has 0 N–H and O–H groups in total. The molecule has 1 fully saturated rings. The Balaban J connectivity index is 1.51. The van der Waals surface area contributed by atoms with Crippen LogP contribution in [0.5, 0.6) is 23.0 Å². The SMILES string of the molecule is COc1ccc(C(=O)N2CCC[C@@H]2Cc2ccc3c(c2)OCO3)cc1OC. The van der Waals surface area contributed by atoms with Crippen molar-refractivity contribution < 1.29 is 23.7 Å². The van der Waals surface area contributed by atoms with Gasteiger partial charge < -0.3 is 23.8 Å². The molecule has 6 heteroatoms. The first-order valence-electron chi connectivity index (χ1n) is 9.11. The first-order valence-corrected chi connectivity index (χ1v) is 9.11. The monoisotopic (exact) mass is 369 g/mol. The molecule has 0 bridgehead atoms. The zero-order valence-corrected chi connectivity index (χ0v) is 15.6. The Kier molecular flexibility index (Phi) is 4.79. The van der Waals surface area contributed by atoms with Crippen molar-refractivity contribution in [2.45, 2.75) is 25.3 Å². The van der Waals surface area contributed by atoms with Gasteiger partial charge in [0.05, 0.1) is 14.2 Å². The summed E-state index contributed by atoms with van der Waals surface area (Å²) in [5, 5.41) is 0. The number of carbonyl (C=O) groups is 1. The molecule has 0 aliphatic carbocycles. The summed E-state index contributed by atoms with van der Waals surface area (Å²) in [6, 6.07) is 11.5. The number of rotatable bonds is 5. The number of ether oxygens (including phenoxy) is 4. The molecule has 2 aromatic rings.